The second kappa shape index (κ2) is 9.50. The molecule has 0 spiro atoms. The molecule has 0 radical (unpaired) electrons. The van der Waals surface area contributed by atoms with Crippen LogP contribution in [0.4, 0.5) is 5.13 Å². The topological polar surface area (TPSA) is 71.1 Å². The smallest absolute Gasteiger partial charge is 0.208 e. The molecule has 0 amide bonds. The van der Waals surface area contributed by atoms with E-state index >= 15 is 0 Å². The normalized spacial score (nSPS) is 15.7. The zero-order valence-electron chi connectivity index (χ0n) is 16.9. The Morgan fingerprint density at radius 3 is 2.93 bits per heavy atom. The van der Waals surface area contributed by atoms with Gasteiger partial charge in [-0.1, -0.05) is 49.3 Å². The molecular formula is C22H28N4O2S. The first kappa shape index (κ1) is 20.0. The number of morpholine rings is 1. The van der Waals surface area contributed by atoms with E-state index < -0.39 is 0 Å². The van der Waals surface area contributed by atoms with Crippen molar-refractivity contribution in [3.05, 3.63) is 41.0 Å². The summed E-state index contributed by atoms with van der Waals surface area (Å²) < 4.78 is 5.39. The van der Waals surface area contributed by atoms with Gasteiger partial charge in [0.25, 0.3) is 0 Å². The molecule has 29 heavy (non-hydrogen) atoms. The first-order chi connectivity index (χ1) is 14.2. The second-order valence-corrected chi connectivity index (χ2v) is 8.64. The number of anilines is 1. The zero-order chi connectivity index (χ0) is 20.1. The largest absolute Gasteiger partial charge is 0.378 e. The van der Waals surface area contributed by atoms with Gasteiger partial charge in [0.2, 0.25) is 5.13 Å². The van der Waals surface area contributed by atoms with Crippen molar-refractivity contribution >= 4 is 33.2 Å². The minimum Gasteiger partial charge on any atom is -0.378 e. The zero-order valence-corrected chi connectivity index (χ0v) is 17.7. The van der Waals surface area contributed by atoms with Crippen LogP contribution < -0.4 is 4.90 Å². The molecule has 0 aliphatic carbocycles. The predicted octanol–water partition coefficient (Wildman–Crippen LogP) is 4.48. The molecule has 3 heterocycles. The Morgan fingerprint density at radius 1 is 1.28 bits per heavy atom. The average molecular weight is 413 g/mol. The molecular weight excluding hydrogens is 384 g/mol. The third-order valence-corrected chi connectivity index (χ3v) is 6.58. The van der Waals surface area contributed by atoms with Crippen LogP contribution in [0.1, 0.15) is 48.0 Å². The molecule has 6 nitrogen and oxygen atoms in total. The molecule has 3 aromatic rings. The van der Waals surface area contributed by atoms with E-state index in [0.717, 1.165) is 49.4 Å². The molecule has 1 aliphatic rings. The third-order valence-electron chi connectivity index (χ3n) is 5.56. The Bertz CT molecular complexity index is 945. The molecule has 1 aromatic carbocycles. The Morgan fingerprint density at radius 2 is 2.10 bits per heavy atom. The maximum atomic E-state index is 13.0. The molecule has 2 aromatic heterocycles. The maximum Gasteiger partial charge on any atom is 0.208 e. The summed E-state index contributed by atoms with van der Waals surface area (Å²) >= 11 is 1.42. The van der Waals surface area contributed by atoms with Gasteiger partial charge < -0.3 is 14.6 Å². The van der Waals surface area contributed by atoms with Crippen molar-refractivity contribution in [1.29, 1.82) is 0 Å². The lowest BCUT2D eigenvalue weighted by atomic mass is 9.89. The van der Waals surface area contributed by atoms with Crippen LogP contribution in [0.2, 0.25) is 0 Å². The summed E-state index contributed by atoms with van der Waals surface area (Å²) in [5.74, 6) is 0.431. The van der Waals surface area contributed by atoms with Gasteiger partial charge in [-0.3, -0.25) is 4.79 Å². The fourth-order valence-corrected chi connectivity index (χ4v) is 4.79. The number of ketones is 1. The SMILES string of the molecule is CCCCC(CC(=O)c1nnc(N2CCOCC2)s1)Cc1c[nH]c2ccccc12. The quantitative estimate of drug-likeness (QED) is 0.525. The van der Waals surface area contributed by atoms with E-state index in [0.29, 0.717) is 30.6 Å². The van der Waals surface area contributed by atoms with Gasteiger partial charge in [-0.15, -0.1) is 10.2 Å². The number of H-pyrrole nitrogens is 1. The van der Waals surface area contributed by atoms with Crippen LogP contribution in [-0.4, -0.2) is 47.3 Å². The molecule has 154 valence electrons. The number of aromatic amines is 1. The van der Waals surface area contributed by atoms with Crippen molar-refractivity contribution in [2.24, 2.45) is 5.92 Å². The van der Waals surface area contributed by atoms with Crippen LogP contribution in [0.5, 0.6) is 0 Å². The number of benzene rings is 1. The monoisotopic (exact) mass is 412 g/mol. The van der Waals surface area contributed by atoms with Crippen LogP contribution in [0.25, 0.3) is 10.9 Å². The number of unbranched alkanes of at least 4 members (excludes halogenated alkanes) is 1. The fourth-order valence-electron chi connectivity index (χ4n) is 3.94. The van der Waals surface area contributed by atoms with Gasteiger partial charge >= 0.3 is 0 Å². The number of para-hydroxylation sites is 1. The number of carbonyl (C=O) groups excluding carboxylic acids is 1. The number of aromatic nitrogens is 3. The molecule has 1 aliphatic heterocycles. The predicted molar refractivity (Wildman–Crippen MR) is 117 cm³/mol. The van der Waals surface area contributed by atoms with Crippen molar-refractivity contribution < 1.29 is 9.53 Å². The van der Waals surface area contributed by atoms with Gasteiger partial charge in [0.05, 0.1) is 13.2 Å². The minimum absolute atomic E-state index is 0.114. The van der Waals surface area contributed by atoms with E-state index in [9.17, 15) is 4.79 Å². The summed E-state index contributed by atoms with van der Waals surface area (Å²) in [5, 5.41) is 11.1. The Hall–Kier alpha value is -2.25. The van der Waals surface area contributed by atoms with E-state index in [2.05, 4.69) is 51.4 Å². The number of Topliss-reactive ketones (excluding diaryl/α,β-unsaturated/α-hetero) is 1. The summed E-state index contributed by atoms with van der Waals surface area (Å²) in [5.41, 5.74) is 2.45. The summed E-state index contributed by atoms with van der Waals surface area (Å²) in [6, 6.07) is 8.36. The van der Waals surface area contributed by atoms with Gasteiger partial charge in [-0.25, -0.2) is 0 Å². The van der Waals surface area contributed by atoms with Crippen LogP contribution in [0, 0.1) is 5.92 Å². The van der Waals surface area contributed by atoms with Crippen LogP contribution in [0.3, 0.4) is 0 Å². The molecule has 1 saturated heterocycles. The van der Waals surface area contributed by atoms with Crippen LogP contribution in [-0.2, 0) is 11.2 Å². The molecule has 1 N–H and O–H groups in total. The van der Waals surface area contributed by atoms with E-state index in [1.165, 1.54) is 22.3 Å². The molecule has 4 rings (SSSR count). The average Bonchev–Trinajstić information content (AvgIpc) is 3.41. The van der Waals surface area contributed by atoms with Gasteiger partial charge in [0, 0.05) is 36.6 Å². The Labute approximate surface area is 175 Å². The van der Waals surface area contributed by atoms with Gasteiger partial charge in [0.15, 0.2) is 10.8 Å². The fraction of sp³-hybridized carbons (Fsp3) is 0.500. The van der Waals surface area contributed by atoms with Crippen molar-refractivity contribution in [3.8, 4) is 0 Å². The highest BCUT2D eigenvalue weighted by atomic mass is 32.1. The standard InChI is InChI=1S/C22H28N4O2S/c1-2-3-6-16(13-17-15-23-19-8-5-4-7-18(17)19)14-20(27)21-24-25-22(29-21)26-9-11-28-12-10-26/h4-5,7-8,15-16,23H,2-3,6,9-14H2,1H3. The highest BCUT2D eigenvalue weighted by Gasteiger charge is 2.22. The number of nitrogens with zero attached hydrogens (tertiary/aromatic N) is 3. The molecule has 1 atom stereocenters. The molecule has 1 unspecified atom stereocenters. The van der Waals surface area contributed by atoms with Gasteiger partial charge in [-0.2, -0.15) is 0 Å². The highest BCUT2D eigenvalue weighted by Crippen LogP contribution is 2.28. The van der Waals surface area contributed by atoms with E-state index in [4.69, 9.17) is 4.74 Å². The van der Waals surface area contributed by atoms with Gasteiger partial charge in [-0.05, 0) is 30.4 Å². The molecule has 0 saturated carbocycles. The highest BCUT2D eigenvalue weighted by molar-refractivity contribution is 7.17. The first-order valence-electron chi connectivity index (χ1n) is 10.5. The second-order valence-electron chi connectivity index (χ2n) is 7.69. The maximum absolute atomic E-state index is 13.0. The van der Waals surface area contributed by atoms with E-state index in [1.54, 1.807) is 0 Å². The number of ether oxygens (including phenoxy) is 1. The Balaban J connectivity index is 1.44. The van der Waals surface area contributed by atoms with Gasteiger partial charge in [0.1, 0.15) is 0 Å². The lowest BCUT2D eigenvalue weighted by Gasteiger charge is -2.25. The van der Waals surface area contributed by atoms with Crippen molar-refractivity contribution in [1.82, 2.24) is 15.2 Å². The third kappa shape index (κ3) is 4.85. The summed E-state index contributed by atoms with van der Waals surface area (Å²) in [6.07, 6.45) is 6.85. The molecule has 1 fully saturated rings. The van der Waals surface area contributed by atoms with E-state index in [1.807, 2.05) is 6.07 Å². The van der Waals surface area contributed by atoms with Crippen molar-refractivity contribution in [3.63, 3.8) is 0 Å². The summed E-state index contributed by atoms with van der Waals surface area (Å²) in [4.78, 5) is 18.5. The van der Waals surface area contributed by atoms with Crippen molar-refractivity contribution in [2.75, 3.05) is 31.2 Å². The van der Waals surface area contributed by atoms with E-state index in [-0.39, 0.29) is 5.78 Å². The Kier molecular flexibility index (Phi) is 6.56. The van der Waals surface area contributed by atoms with Crippen molar-refractivity contribution in [2.45, 2.75) is 39.0 Å². The summed E-state index contributed by atoms with van der Waals surface area (Å²) in [6.45, 7) is 5.22. The lowest BCUT2D eigenvalue weighted by molar-refractivity contribution is 0.0957. The number of rotatable bonds is 9. The van der Waals surface area contributed by atoms with Crippen LogP contribution >= 0.6 is 11.3 Å². The minimum atomic E-state index is 0.114. The molecule has 7 heteroatoms. The van der Waals surface area contributed by atoms with Crippen LogP contribution in [0.15, 0.2) is 30.5 Å². The number of hydrogen-bond acceptors (Lipinski definition) is 6. The molecule has 0 bridgehead atoms. The number of fused-ring (bicyclic) bond motifs is 1. The number of hydrogen-bond donors (Lipinski definition) is 1. The number of nitrogens with one attached hydrogen (secondary N) is 1. The summed E-state index contributed by atoms with van der Waals surface area (Å²) in [7, 11) is 0. The lowest BCUT2D eigenvalue weighted by Crippen LogP contribution is -2.36. The first-order valence-corrected chi connectivity index (χ1v) is 11.3. The number of carbonyl (C=O) groups is 1.